The number of likely N-dealkylation sites (tertiary alicyclic amines) is 1. The molecule has 2 aromatic rings. The van der Waals surface area contributed by atoms with Gasteiger partial charge in [-0.2, -0.15) is 5.10 Å². The predicted octanol–water partition coefficient (Wildman–Crippen LogP) is 2.20. The molecule has 3 rings (SSSR count). The summed E-state index contributed by atoms with van der Waals surface area (Å²) in [5.74, 6) is 0.783. The topological polar surface area (TPSA) is 64.2 Å². The van der Waals surface area contributed by atoms with Crippen LogP contribution in [-0.2, 0) is 11.3 Å². The van der Waals surface area contributed by atoms with Gasteiger partial charge in [-0.25, -0.2) is 0 Å². The number of aryl methyl sites for hydroxylation is 1. The van der Waals surface area contributed by atoms with Crippen LogP contribution < -0.4 is 0 Å². The van der Waals surface area contributed by atoms with E-state index in [0.29, 0.717) is 5.02 Å². The second-order valence-electron chi connectivity index (χ2n) is 4.96. The lowest BCUT2D eigenvalue weighted by Gasteiger charge is -2.22. The standard InChI is InChI=1S/C13H15ClN4O2/c1-9-5-11(16-20-9)12-3-2-4-18(12)13(19)8-17-7-10(14)6-15-17/h5-7,12H,2-4,8H2,1H3. The van der Waals surface area contributed by atoms with Crippen LogP contribution in [0.15, 0.2) is 23.0 Å². The van der Waals surface area contributed by atoms with Gasteiger partial charge in [-0.05, 0) is 19.8 Å². The fourth-order valence-corrected chi connectivity index (χ4v) is 2.73. The number of halogens is 1. The van der Waals surface area contributed by atoms with Gasteiger partial charge in [-0.1, -0.05) is 16.8 Å². The molecular formula is C13H15ClN4O2. The van der Waals surface area contributed by atoms with E-state index in [1.807, 2.05) is 17.9 Å². The Hall–Kier alpha value is -1.82. The minimum atomic E-state index is 0.00554. The summed E-state index contributed by atoms with van der Waals surface area (Å²) in [5, 5.41) is 8.59. The number of rotatable bonds is 3. The fraction of sp³-hybridized carbons (Fsp3) is 0.462. The van der Waals surface area contributed by atoms with Crippen molar-refractivity contribution in [2.24, 2.45) is 0 Å². The molecule has 106 valence electrons. The first-order valence-electron chi connectivity index (χ1n) is 6.54. The van der Waals surface area contributed by atoms with Gasteiger partial charge in [-0.15, -0.1) is 0 Å². The number of amides is 1. The summed E-state index contributed by atoms with van der Waals surface area (Å²) in [6, 6.07) is 1.90. The van der Waals surface area contributed by atoms with Crippen molar-refractivity contribution >= 4 is 17.5 Å². The fourth-order valence-electron chi connectivity index (χ4n) is 2.57. The van der Waals surface area contributed by atoms with Crippen LogP contribution in [0.5, 0.6) is 0 Å². The molecule has 0 aliphatic carbocycles. The predicted molar refractivity (Wildman–Crippen MR) is 72.2 cm³/mol. The SMILES string of the molecule is Cc1cc(C2CCCN2C(=O)Cn2cc(Cl)cn2)no1. The molecule has 1 fully saturated rings. The average Bonchev–Trinajstić information content (AvgIpc) is 3.09. The van der Waals surface area contributed by atoms with Gasteiger partial charge in [-0.3, -0.25) is 9.48 Å². The lowest BCUT2D eigenvalue weighted by Crippen LogP contribution is -2.33. The number of carbonyl (C=O) groups excluding carboxylic acids is 1. The van der Waals surface area contributed by atoms with Crippen LogP contribution in [0.1, 0.15) is 30.3 Å². The quantitative estimate of drug-likeness (QED) is 0.870. The zero-order chi connectivity index (χ0) is 14.1. The van der Waals surface area contributed by atoms with Crippen LogP contribution in [0.25, 0.3) is 0 Å². The molecule has 6 nitrogen and oxygen atoms in total. The highest BCUT2D eigenvalue weighted by atomic mass is 35.5. The number of carbonyl (C=O) groups is 1. The Balaban J connectivity index is 1.73. The highest BCUT2D eigenvalue weighted by Gasteiger charge is 2.32. The Morgan fingerprint density at radius 3 is 3.10 bits per heavy atom. The lowest BCUT2D eigenvalue weighted by molar-refractivity contribution is -0.133. The minimum Gasteiger partial charge on any atom is -0.361 e. The Morgan fingerprint density at radius 2 is 2.45 bits per heavy atom. The maximum atomic E-state index is 12.4. The normalized spacial score (nSPS) is 18.7. The summed E-state index contributed by atoms with van der Waals surface area (Å²) in [6.07, 6.45) is 5.06. The molecule has 0 aromatic carbocycles. The van der Waals surface area contributed by atoms with Gasteiger partial charge < -0.3 is 9.42 Å². The van der Waals surface area contributed by atoms with E-state index in [0.717, 1.165) is 30.8 Å². The van der Waals surface area contributed by atoms with Crippen molar-refractivity contribution in [2.45, 2.75) is 32.4 Å². The van der Waals surface area contributed by atoms with Crippen LogP contribution in [0.4, 0.5) is 0 Å². The Labute approximate surface area is 121 Å². The highest BCUT2D eigenvalue weighted by molar-refractivity contribution is 6.30. The van der Waals surface area contributed by atoms with Crippen LogP contribution in [-0.4, -0.2) is 32.3 Å². The minimum absolute atomic E-state index is 0.00554. The summed E-state index contributed by atoms with van der Waals surface area (Å²) < 4.78 is 6.65. The van der Waals surface area contributed by atoms with Crippen LogP contribution in [0.2, 0.25) is 5.02 Å². The third-order valence-corrected chi connectivity index (χ3v) is 3.65. The van der Waals surface area contributed by atoms with Crippen molar-refractivity contribution in [3.8, 4) is 0 Å². The second kappa shape index (κ2) is 5.28. The summed E-state index contributed by atoms with van der Waals surface area (Å²) in [4.78, 5) is 14.2. The molecular weight excluding hydrogens is 280 g/mol. The third-order valence-electron chi connectivity index (χ3n) is 3.46. The van der Waals surface area contributed by atoms with Crippen LogP contribution >= 0.6 is 11.6 Å². The highest BCUT2D eigenvalue weighted by Crippen LogP contribution is 2.31. The molecule has 0 radical (unpaired) electrons. The molecule has 1 amide bonds. The summed E-state index contributed by atoms with van der Waals surface area (Å²) in [5.41, 5.74) is 0.826. The Morgan fingerprint density at radius 1 is 1.60 bits per heavy atom. The van der Waals surface area contributed by atoms with E-state index in [2.05, 4.69) is 10.3 Å². The van der Waals surface area contributed by atoms with E-state index in [-0.39, 0.29) is 18.5 Å². The summed E-state index contributed by atoms with van der Waals surface area (Å²) in [6.45, 7) is 2.79. The molecule has 20 heavy (non-hydrogen) atoms. The van der Waals surface area contributed by atoms with E-state index in [1.54, 1.807) is 10.9 Å². The number of nitrogens with zero attached hydrogens (tertiary/aromatic N) is 4. The maximum Gasteiger partial charge on any atom is 0.244 e. The molecule has 0 bridgehead atoms. The average molecular weight is 295 g/mol. The molecule has 3 heterocycles. The molecule has 1 aliphatic heterocycles. The number of aromatic nitrogens is 3. The Bertz CT molecular complexity index is 621. The zero-order valence-electron chi connectivity index (χ0n) is 11.1. The van der Waals surface area contributed by atoms with Crippen molar-refractivity contribution in [1.29, 1.82) is 0 Å². The van der Waals surface area contributed by atoms with E-state index in [4.69, 9.17) is 16.1 Å². The van der Waals surface area contributed by atoms with Gasteiger partial charge in [0.25, 0.3) is 0 Å². The summed E-state index contributed by atoms with van der Waals surface area (Å²) >= 11 is 5.80. The van der Waals surface area contributed by atoms with E-state index in [1.165, 1.54) is 6.20 Å². The third kappa shape index (κ3) is 2.56. The first kappa shape index (κ1) is 13.2. The molecule has 2 aromatic heterocycles. The molecule has 0 saturated carbocycles. The molecule has 1 saturated heterocycles. The zero-order valence-corrected chi connectivity index (χ0v) is 11.9. The van der Waals surface area contributed by atoms with Gasteiger partial charge in [0.15, 0.2) is 0 Å². The van der Waals surface area contributed by atoms with E-state index >= 15 is 0 Å². The first-order chi connectivity index (χ1) is 9.63. The molecule has 1 aliphatic rings. The van der Waals surface area contributed by atoms with Gasteiger partial charge >= 0.3 is 0 Å². The smallest absolute Gasteiger partial charge is 0.244 e. The van der Waals surface area contributed by atoms with Gasteiger partial charge in [0.1, 0.15) is 18.0 Å². The van der Waals surface area contributed by atoms with Crippen molar-refractivity contribution in [2.75, 3.05) is 6.54 Å². The summed E-state index contributed by atoms with van der Waals surface area (Å²) in [7, 11) is 0. The van der Waals surface area contributed by atoms with E-state index in [9.17, 15) is 4.79 Å². The maximum absolute atomic E-state index is 12.4. The van der Waals surface area contributed by atoms with Gasteiger partial charge in [0, 0.05) is 18.8 Å². The van der Waals surface area contributed by atoms with Crippen LogP contribution in [0, 0.1) is 6.92 Å². The van der Waals surface area contributed by atoms with Crippen molar-refractivity contribution in [3.05, 3.63) is 34.9 Å². The number of hydrogen-bond donors (Lipinski definition) is 0. The molecule has 1 unspecified atom stereocenters. The largest absolute Gasteiger partial charge is 0.361 e. The first-order valence-corrected chi connectivity index (χ1v) is 6.92. The molecule has 0 N–H and O–H groups in total. The monoisotopic (exact) mass is 294 g/mol. The van der Waals surface area contributed by atoms with Gasteiger partial charge in [0.05, 0.1) is 17.3 Å². The molecule has 0 spiro atoms. The van der Waals surface area contributed by atoms with Crippen molar-refractivity contribution in [1.82, 2.24) is 19.8 Å². The van der Waals surface area contributed by atoms with Crippen molar-refractivity contribution in [3.63, 3.8) is 0 Å². The Kier molecular flexibility index (Phi) is 3.48. The van der Waals surface area contributed by atoms with Crippen molar-refractivity contribution < 1.29 is 9.32 Å². The molecule has 7 heteroatoms. The van der Waals surface area contributed by atoms with Gasteiger partial charge in [0.2, 0.25) is 5.91 Å². The lowest BCUT2D eigenvalue weighted by atomic mass is 10.1. The number of hydrogen-bond acceptors (Lipinski definition) is 4. The molecule has 1 atom stereocenters. The second-order valence-corrected chi connectivity index (χ2v) is 5.40. The van der Waals surface area contributed by atoms with Crippen LogP contribution in [0.3, 0.4) is 0 Å². The van der Waals surface area contributed by atoms with E-state index < -0.39 is 0 Å².